The van der Waals surface area contributed by atoms with Gasteiger partial charge in [-0.3, -0.25) is 4.99 Å². The summed E-state index contributed by atoms with van der Waals surface area (Å²) in [5.74, 6) is 0.902. The van der Waals surface area contributed by atoms with Crippen molar-refractivity contribution >= 4 is 17.8 Å². The number of quaternary nitrogens is 1. The summed E-state index contributed by atoms with van der Waals surface area (Å²) in [6, 6.07) is 13.4. The maximum atomic E-state index is 10.00. The van der Waals surface area contributed by atoms with Crippen LogP contribution in [0.1, 0.15) is 30.0 Å². The first kappa shape index (κ1) is 17.8. The van der Waals surface area contributed by atoms with Gasteiger partial charge < -0.3 is 14.7 Å². The van der Waals surface area contributed by atoms with Gasteiger partial charge in [0.05, 0.1) is 26.7 Å². The zero-order valence-electron chi connectivity index (χ0n) is 14.4. The van der Waals surface area contributed by atoms with Crippen LogP contribution in [0, 0.1) is 0 Å². The van der Waals surface area contributed by atoms with E-state index in [1.165, 1.54) is 17.7 Å². The van der Waals surface area contributed by atoms with Crippen molar-refractivity contribution in [2.24, 2.45) is 4.99 Å². The molecule has 2 N–H and O–H groups in total. The number of rotatable bonds is 6. The lowest BCUT2D eigenvalue weighted by Crippen LogP contribution is -3.10. The van der Waals surface area contributed by atoms with E-state index in [-0.39, 0.29) is 11.8 Å². The third-order valence-electron chi connectivity index (χ3n) is 4.77. The Morgan fingerprint density at radius 2 is 2.00 bits per heavy atom. The molecule has 1 atom stereocenters. The molecule has 2 aromatic rings. The van der Waals surface area contributed by atoms with Gasteiger partial charge in [0.1, 0.15) is 17.5 Å². The van der Waals surface area contributed by atoms with Crippen LogP contribution in [-0.2, 0) is 0 Å². The van der Waals surface area contributed by atoms with Gasteiger partial charge in [0, 0.05) is 35.2 Å². The molecule has 1 aliphatic rings. The Balaban J connectivity index is 1.80. The minimum Gasteiger partial charge on any atom is -0.507 e. The average molecular weight is 360 g/mol. The second kappa shape index (κ2) is 8.37. The normalized spacial score (nSPS) is 16.4. The van der Waals surface area contributed by atoms with E-state index in [2.05, 4.69) is 11.1 Å². The van der Waals surface area contributed by atoms with E-state index in [0.29, 0.717) is 17.9 Å². The number of hydrogen-bond donors (Lipinski definition) is 2. The summed E-state index contributed by atoms with van der Waals surface area (Å²) >= 11 is 6.44. The molecule has 0 radical (unpaired) electrons. The molecular weight excluding hydrogens is 336 g/mol. The third-order valence-corrected chi connectivity index (χ3v) is 5.12. The number of hydrogen-bond acceptors (Lipinski definition) is 3. The van der Waals surface area contributed by atoms with Gasteiger partial charge in [-0.25, -0.2) is 0 Å². The number of ether oxygens (including phenoxy) is 1. The average Bonchev–Trinajstić information content (AvgIpc) is 3.15. The summed E-state index contributed by atoms with van der Waals surface area (Å²) in [4.78, 5) is 6.15. The molecule has 0 aliphatic carbocycles. The van der Waals surface area contributed by atoms with Crippen LogP contribution in [-0.4, -0.2) is 38.1 Å². The number of phenolic OH excluding ortho intramolecular Hbond substituents is 1. The zero-order chi connectivity index (χ0) is 17.6. The maximum Gasteiger partial charge on any atom is 0.134 e. The molecule has 4 nitrogen and oxygen atoms in total. The van der Waals surface area contributed by atoms with E-state index < -0.39 is 0 Å². The number of likely N-dealkylation sites (tertiary alicyclic amines) is 1. The van der Waals surface area contributed by atoms with Gasteiger partial charge in [-0.05, 0) is 24.3 Å². The first-order valence-corrected chi connectivity index (χ1v) is 9.02. The Kier molecular flexibility index (Phi) is 5.95. The predicted molar refractivity (Wildman–Crippen MR) is 101 cm³/mol. The fraction of sp³-hybridized carbons (Fsp3) is 0.350. The molecule has 0 aromatic heterocycles. The second-order valence-electron chi connectivity index (χ2n) is 6.36. The number of benzene rings is 2. The minimum absolute atomic E-state index is 0.201. The Bertz CT molecular complexity index is 742. The number of phenols is 1. The number of aliphatic imine (C=N–C) groups is 1. The van der Waals surface area contributed by atoms with E-state index in [4.69, 9.17) is 16.3 Å². The monoisotopic (exact) mass is 359 g/mol. The summed E-state index contributed by atoms with van der Waals surface area (Å²) in [6.07, 6.45) is 4.21. The summed E-state index contributed by atoms with van der Waals surface area (Å²) in [6.45, 7) is 2.93. The van der Waals surface area contributed by atoms with Gasteiger partial charge in [-0.15, -0.1) is 0 Å². The highest BCUT2D eigenvalue weighted by Gasteiger charge is 2.28. The number of nitrogens with one attached hydrogen (secondary N) is 1. The van der Waals surface area contributed by atoms with Crippen molar-refractivity contribution < 1.29 is 14.7 Å². The Hall–Kier alpha value is -2.04. The molecule has 1 fully saturated rings. The summed E-state index contributed by atoms with van der Waals surface area (Å²) in [7, 11) is 1.61. The van der Waals surface area contributed by atoms with Gasteiger partial charge in [0.25, 0.3) is 0 Å². The molecule has 1 heterocycles. The lowest BCUT2D eigenvalue weighted by Gasteiger charge is -2.24. The highest BCUT2D eigenvalue weighted by atomic mass is 35.5. The van der Waals surface area contributed by atoms with Gasteiger partial charge in [-0.1, -0.05) is 29.8 Å². The van der Waals surface area contributed by atoms with Crippen LogP contribution in [0.4, 0.5) is 0 Å². The highest BCUT2D eigenvalue weighted by molar-refractivity contribution is 6.31. The standard InChI is InChI=1S/C20H23ClN2O2/c1-25-16-8-9-20(24)15(12-16)13-22-14-19(23-10-4-5-11-23)17-6-2-3-7-18(17)21/h2-3,6-9,12-13,19,24H,4-5,10-11,14H2,1H3/p+1/t19-/m1/s1. The summed E-state index contributed by atoms with van der Waals surface area (Å²) in [5, 5.41) is 10.8. The number of aromatic hydroxyl groups is 1. The number of methoxy groups -OCH3 is 1. The molecule has 3 rings (SSSR count). The smallest absolute Gasteiger partial charge is 0.134 e. The SMILES string of the molecule is COc1ccc(O)c(C=NC[C@H](c2ccccc2Cl)[NH+]2CCCC2)c1. The van der Waals surface area contributed by atoms with Gasteiger partial charge in [0.15, 0.2) is 0 Å². The van der Waals surface area contributed by atoms with Crippen LogP contribution in [0.15, 0.2) is 47.5 Å². The largest absolute Gasteiger partial charge is 0.507 e. The quantitative estimate of drug-likeness (QED) is 0.779. The van der Waals surface area contributed by atoms with Crippen molar-refractivity contribution in [3.8, 4) is 11.5 Å². The van der Waals surface area contributed by atoms with E-state index >= 15 is 0 Å². The van der Waals surface area contributed by atoms with Crippen LogP contribution >= 0.6 is 11.6 Å². The lowest BCUT2D eigenvalue weighted by molar-refractivity contribution is -0.918. The number of halogens is 1. The highest BCUT2D eigenvalue weighted by Crippen LogP contribution is 2.23. The predicted octanol–water partition coefficient (Wildman–Crippen LogP) is 2.89. The minimum atomic E-state index is 0.201. The zero-order valence-corrected chi connectivity index (χ0v) is 15.2. The van der Waals surface area contributed by atoms with Crippen molar-refractivity contribution in [2.45, 2.75) is 18.9 Å². The Morgan fingerprint density at radius 1 is 1.24 bits per heavy atom. The second-order valence-corrected chi connectivity index (χ2v) is 6.77. The molecule has 132 valence electrons. The molecule has 25 heavy (non-hydrogen) atoms. The fourth-order valence-corrected chi connectivity index (χ4v) is 3.67. The van der Waals surface area contributed by atoms with Crippen molar-refractivity contribution in [3.63, 3.8) is 0 Å². The Morgan fingerprint density at radius 3 is 2.72 bits per heavy atom. The van der Waals surface area contributed by atoms with Gasteiger partial charge >= 0.3 is 0 Å². The van der Waals surface area contributed by atoms with E-state index in [1.54, 1.807) is 31.5 Å². The van der Waals surface area contributed by atoms with Crippen LogP contribution in [0.5, 0.6) is 11.5 Å². The summed E-state index contributed by atoms with van der Waals surface area (Å²) < 4.78 is 5.21. The lowest BCUT2D eigenvalue weighted by atomic mass is 10.1. The summed E-state index contributed by atoms with van der Waals surface area (Å²) in [5.41, 5.74) is 1.81. The maximum absolute atomic E-state index is 10.00. The number of nitrogens with zero attached hydrogens (tertiary/aromatic N) is 1. The molecule has 1 aliphatic heterocycles. The molecule has 0 amide bonds. The topological polar surface area (TPSA) is 46.3 Å². The Labute approximate surface area is 153 Å². The first-order chi connectivity index (χ1) is 12.2. The van der Waals surface area contributed by atoms with Gasteiger partial charge in [0.2, 0.25) is 0 Å². The molecule has 0 spiro atoms. The third kappa shape index (κ3) is 4.33. The van der Waals surface area contributed by atoms with E-state index in [9.17, 15) is 5.11 Å². The fourth-order valence-electron chi connectivity index (χ4n) is 3.40. The molecular formula is C20H24ClN2O2+. The van der Waals surface area contributed by atoms with E-state index in [1.807, 2.05) is 18.2 Å². The molecule has 0 saturated carbocycles. The first-order valence-electron chi connectivity index (χ1n) is 8.65. The molecule has 1 saturated heterocycles. The van der Waals surface area contributed by atoms with Crippen molar-refractivity contribution in [1.29, 1.82) is 0 Å². The molecule has 2 aromatic carbocycles. The molecule has 5 heteroatoms. The van der Waals surface area contributed by atoms with Crippen LogP contribution in [0.3, 0.4) is 0 Å². The van der Waals surface area contributed by atoms with E-state index in [0.717, 1.165) is 23.7 Å². The van der Waals surface area contributed by atoms with Crippen LogP contribution in [0.25, 0.3) is 0 Å². The van der Waals surface area contributed by atoms with Crippen LogP contribution in [0.2, 0.25) is 5.02 Å². The molecule has 0 unspecified atom stereocenters. The van der Waals surface area contributed by atoms with Crippen molar-refractivity contribution in [1.82, 2.24) is 0 Å². The van der Waals surface area contributed by atoms with Crippen molar-refractivity contribution in [3.05, 3.63) is 58.6 Å². The van der Waals surface area contributed by atoms with Gasteiger partial charge in [-0.2, -0.15) is 0 Å². The van der Waals surface area contributed by atoms with Crippen molar-refractivity contribution in [2.75, 3.05) is 26.7 Å². The van der Waals surface area contributed by atoms with Crippen LogP contribution < -0.4 is 9.64 Å². The molecule has 0 bridgehead atoms.